The second kappa shape index (κ2) is 49.9. The highest BCUT2D eigenvalue weighted by Crippen LogP contribution is 2.14. The van der Waals surface area contributed by atoms with E-state index >= 15 is 0 Å². The third kappa shape index (κ3) is 47.2. The van der Waals surface area contributed by atoms with E-state index in [4.69, 9.17) is 9.47 Å². The number of allylic oxidation sites excluding steroid dienone is 18. The molecule has 340 valence electrons. The molecule has 0 aliphatic heterocycles. The third-order valence-electron chi connectivity index (χ3n) is 10.1. The summed E-state index contributed by atoms with van der Waals surface area (Å²) in [6, 6.07) is 0. The topological polar surface area (TPSA) is 72.8 Å². The van der Waals surface area contributed by atoms with Crippen LogP contribution in [0, 0.1) is 0 Å². The number of hydrogen-bond acceptors (Lipinski definition) is 5. The molecule has 0 aromatic heterocycles. The average molecular weight is 831 g/mol. The molecular formula is C55H90O5. The molecule has 0 aromatic rings. The number of hydrogen-bond donors (Lipinski definition) is 1. The molecule has 0 aromatic carbocycles. The van der Waals surface area contributed by atoms with Gasteiger partial charge in [0.05, 0.1) is 6.61 Å². The van der Waals surface area contributed by atoms with Crippen LogP contribution in [0.3, 0.4) is 0 Å². The third-order valence-corrected chi connectivity index (χ3v) is 10.1. The Morgan fingerprint density at radius 3 is 1.00 bits per heavy atom. The van der Waals surface area contributed by atoms with Gasteiger partial charge >= 0.3 is 11.9 Å². The maximum absolute atomic E-state index is 12.3. The summed E-state index contributed by atoms with van der Waals surface area (Å²) >= 11 is 0. The Labute approximate surface area is 370 Å². The van der Waals surface area contributed by atoms with Gasteiger partial charge in [-0.3, -0.25) is 9.59 Å². The van der Waals surface area contributed by atoms with E-state index in [9.17, 15) is 14.7 Å². The molecule has 5 nitrogen and oxygen atoms in total. The molecule has 60 heavy (non-hydrogen) atoms. The highest BCUT2D eigenvalue weighted by atomic mass is 16.6. The average Bonchev–Trinajstić information content (AvgIpc) is 3.25. The molecule has 0 spiro atoms. The SMILES string of the molecule is CC/C=C\C/C=C\C/C=C\C/C=C\C/C=C\C/C=C\CCCCCCCCCCCCCCC(=O)OC(CO)COC(=O)CCCCCCC/C=C\C/C=C\C/C=C\CC. The molecule has 0 aliphatic rings. The van der Waals surface area contributed by atoms with Crippen LogP contribution in [-0.4, -0.2) is 36.4 Å². The van der Waals surface area contributed by atoms with Gasteiger partial charge in [0, 0.05) is 12.8 Å². The number of ether oxygens (including phenoxy) is 2. The molecule has 0 aliphatic carbocycles. The molecule has 0 saturated heterocycles. The normalized spacial score (nSPS) is 13.2. The summed E-state index contributed by atoms with van der Waals surface area (Å²) in [6.45, 7) is 3.89. The molecule has 1 unspecified atom stereocenters. The van der Waals surface area contributed by atoms with Gasteiger partial charge in [0.25, 0.3) is 0 Å². The van der Waals surface area contributed by atoms with Gasteiger partial charge in [-0.2, -0.15) is 0 Å². The van der Waals surface area contributed by atoms with Crippen LogP contribution >= 0.6 is 0 Å². The Balaban J connectivity index is 3.56. The van der Waals surface area contributed by atoms with Crippen LogP contribution < -0.4 is 0 Å². The first kappa shape index (κ1) is 56.6. The van der Waals surface area contributed by atoms with Gasteiger partial charge in [0.1, 0.15) is 6.61 Å². The van der Waals surface area contributed by atoms with E-state index in [0.29, 0.717) is 12.8 Å². The highest BCUT2D eigenvalue weighted by molar-refractivity contribution is 5.70. The highest BCUT2D eigenvalue weighted by Gasteiger charge is 2.16. The van der Waals surface area contributed by atoms with E-state index in [1.54, 1.807) is 0 Å². The lowest BCUT2D eigenvalue weighted by Crippen LogP contribution is -2.28. The molecule has 5 heteroatoms. The maximum atomic E-state index is 12.3. The minimum absolute atomic E-state index is 0.0810. The lowest BCUT2D eigenvalue weighted by molar-refractivity contribution is -0.161. The van der Waals surface area contributed by atoms with Crippen molar-refractivity contribution >= 4 is 11.9 Å². The van der Waals surface area contributed by atoms with E-state index in [2.05, 4.69) is 123 Å². The molecule has 1 N–H and O–H groups in total. The largest absolute Gasteiger partial charge is 0.462 e. The molecule has 0 rings (SSSR count). The van der Waals surface area contributed by atoms with Gasteiger partial charge in [-0.15, -0.1) is 0 Å². The van der Waals surface area contributed by atoms with Crippen LogP contribution in [0.2, 0.25) is 0 Å². The molecule has 0 radical (unpaired) electrons. The van der Waals surface area contributed by atoms with Crippen molar-refractivity contribution < 1.29 is 24.2 Å². The fourth-order valence-electron chi connectivity index (χ4n) is 6.45. The lowest BCUT2D eigenvalue weighted by Gasteiger charge is -2.15. The van der Waals surface area contributed by atoms with E-state index in [1.165, 1.54) is 70.6 Å². The molecule has 0 saturated carbocycles. The number of aliphatic hydroxyl groups is 1. The standard InChI is InChI=1S/C55H90O5/c1-3-5-7-9-11-13-15-17-19-20-21-22-23-24-25-26-27-28-29-30-31-32-33-34-36-38-40-42-44-46-48-50-55(58)60-53(51-56)52-59-54(57)49-47-45-43-41-39-37-35-18-16-14-12-10-8-6-4-2/h5-8,11-14,17-19,21-22,24-25,27-28,35,53,56H,3-4,9-10,15-16,20,23,26,29-34,36-52H2,1-2H3/b7-5-,8-6-,13-11-,14-12-,19-17-,22-21-,25-24-,28-27-,35-18-. The second-order valence-electron chi connectivity index (χ2n) is 15.8. The summed E-state index contributed by atoms with van der Waals surface area (Å²) in [6.07, 6.45) is 71.8. The van der Waals surface area contributed by atoms with Crippen molar-refractivity contribution in [1.29, 1.82) is 0 Å². The molecule has 0 bridgehead atoms. The summed E-state index contributed by atoms with van der Waals surface area (Å²) in [5.74, 6) is -0.619. The van der Waals surface area contributed by atoms with Crippen LogP contribution in [-0.2, 0) is 19.1 Å². The lowest BCUT2D eigenvalue weighted by atomic mass is 10.0. The van der Waals surface area contributed by atoms with Crippen molar-refractivity contribution in [2.24, 2.45) is 0 Å². The number of carbonyl (C=O) groups excluding carboxylic acids is 2. The number of carbonyl (C=O) groups is 2. The second-order valence-corrected chi connectivity index (χ2v) is 15.8. The fourth-order valence-corrected chi connectivity index (χ4v) is 6.45. The van der Waals surface area contributed by atoms with E-state index < -0.39 is 6.10 Å². The number of unbranched alkanes of at least 4 members (excludes halogenated alkanes) is 17. The summed E-state index contributed by atoms with van der Waals surface area (Å²) in [7, 11) is 0. The van der Waals surface area contributed by atoms with Crippen LogP contribution in [0.15, 0.2) is 109 Å². The van der Waals surface area contributed by atoms with E-state index in [1.807, 2.05) is 0 Å². The van der Waals surface area contributed by atoms with Gasteiger partial charge in [-0.1, -0.05) is 207 Å². The quantitative estimate of drug-likeness (QED) is 0.0376. The molecule has 0 amide bonds. The van der Waals surface area contributed by atoms with Crippen LogP contribution in [0.5, 0.6) is 0 Å². The Morgan fingerprint density at radius 1 is 0.383 bits per heavy atom. The maximum Gasteiger partial charge on any atom is 0.306 e. The van der Waals surface area contributed by atoms with Crippen molar-refractivity contribution in [3.63, 3.8) is 0 Å². The van der Waals surface area contributed by atoms with Crippen LogP contribution in [0.4, 0.5) is 0 Å². The number of aliphatic hydroxyl groups excluding tert-OH is 1. The van der Waals surface area contributed by atoms with Gasteiger partial charge < -0.3 is 14.6 Å². The monoisotopic (exact) mass is 831 g/mol. The minimum Gasteiger partial charge on any atom is -0.462 e. The Hall–Kier alpha value is -3.44. The first-order valence-electron chi connectivity index (χ1n) is 24.4. The van der Waals surface area contributed by atoms with Crippen molar-refractivity contribution in [3.05, 3.63) is 109 Å². The molecular weight excluding hydrogens is 741 g/mol. The summed E-state index contributed by atoms with van der Waals surface area (Å²) in [5, 5.41) is 9.60. The smallest absolute Gasteiger partial charge is 0.306 e. The molecule has 0 fully saturated rings. The van der Waals surface area contributed by atoms with Gasteiger partial charge in [-0.25, -0.2) is 0 Å². The van der Waals surface area contributed by atoms with Gasteiger partial charge in [0.2, 0.25) is 0 Å². The molecule has 1 atom stereocenters. The summed E-state index contributed by atoms with van der Waals surface area (Å²) in [5.41, 5.74) is 0. The van der Waals surface area contributed by atoms with Crippen molar-refractivity contribution in [2.75, 3.05) is 13.2 Å². The van der Waals surface area contributed by atoms with Gasteiger partial charge in [-0.05, 0) is 96.3 Å². The number of esters is 2. The van der Waals surface area contributed by atoms with Crippen molar-refractivity contribution in [2.45, 2.75) is 213 Å². The van der Waals surface area contributed by atoms with Crippen LogP contribution in [0.1, 0.15) is 206 Å². The zero-order valence-corrected chi connectivity index (χ0v) is 38.7. The molecule has 0 heterocycles. The minimum atomic E-state index is -0.787. The van der Waals surface area contributed by atoms with E-state index in [-0.39, 0.29) is 25.2 Å². The van der Waals surface area contributed by atoms with Crippen molar-refractivity contribution in [1.82, 2.24) is 0 Å². The predicted octanol–water partition coefficient (Wildman–Crippen LogP) is 16.2. The van der Waals surface area contributed by atoms with Crippen LogP contribution in [0.25, 0.3) is 0 Å². The van der Waals surface area contributed by atoms with E-state index in [0.717, 1.165) is 109 Å². The summed E-state index contributed by atoms with van der Waals surface area (Å²) in [4.78, 5) is 24.4. The van der Waals surface area contributed by atoms with Gasteiger partial charge in [0.15, 0.2) is 6.10 Å². The zero-order valence-electron chi connectivity index (χ0n) is 38.7. The Kier molecular flexibility index (Phi) is 47.1. The fraction of sp³-hybridized carbons (Fsp3) is 0.636. The first-order chi connectivity index (χ1) is 29.6. The Bertz CT molecular complexity index is 1210. The zero-order chi connectivity index (χ0) is 43.5. The van der Waals surface area contributed by atoms with Crippen molar-refractivity contribution in [3.8, 4) is 0 Å². The Morgan fingerprint density at radius 2 is 0.667 bits per heavy atom. The predicted molar refractivity (Wildman–Crippen MR) is 260 cm³/mol. The number of rotatable bonds is 43. The first-order valence-corrected chi connectivity index (χ1v) is 24.4. The summed E-state index contributed by atoms with van der Waals surface area (Å²) < 4.78 is 10.6.